The third kappa shape index (κ3) is 21.0. The molecule has 0 aromatic rings. The molecule has 5 N–H and O–H groups in total. The van der Waals surface area contributed by atoms with E-state index in [1.807, 2.05) is 39.0 Å². The number of amides is 1. The first-order chi connectivity index (χ1) is 33.4. The van der Waals surface area contributed by atoms with Crippen molar-refractivity contribution in [3.8, 4) is 0 Å². The Hall–Kier alpha value is -4.00. The highest BCUT2D eigenvalue weighted by Gasteiger charge is 2.48. The molecule has 70 heavy (non-hydrogen) atoms. The number of aliphatic hydroxyl groups excluding tert-OH is 4. The minimum atomic E-state index is -1.05. The number of carbonyl (C=O) groups excluding carboxylic acids is 4. The van der Waals surface area contributed by atoms with Crippen molar-refractivity contribution in [2.45, 2.75) is 204 Å². The predicted octanol–water partition coefficient (Wildman–Crippen LogP) is 5.89. The molecule has 392 valence electrons. The maximum atomic E-state index is 12.5. The summed E-state index contributed by atoms with van der Waals surface area (Å²) < 4.78 is 39.3. The van der Waals surface area contributed by atoms with Crippen LogP contribution in [0, 0.1) is 11.8 Å². The second-order valence-corrected chi connectivity index (χ2v) is 20.3. The van der Waals surface area contributed by atoms with Crippen LogP contribution in [0.4, 0.5) is 0 Å². The molecular formula is C54H81NO15. The van der Waals surface area contributed by atoms with E-state index in [1.54, 1.807) is 18.2 Å². The number of fused-ring (bicyclic) bond motifs is 2. The summed E-state index contributed by atoms with van der Waals surface area (Å²) in [5, 5.41) is 45.8. The van der Waals surface area contributed by atoms with E-state index in [0.717, 1.165) is 30.4 Å². The SMILES string of the molecule is C=C1C[C@H](C)CC(=O)NCCCCC(=O)O[C@H]([C@@H](O)/C=C/[C@@H]2CC(C)=CCO2)C[C@@H]2O[C@H]2[C@@H](O)C1.C=C1C[C@H](C)CCOC(=O)CCCC(=O)O[C@H]([C@@H](O)/C=C/[C@@H]2CC(C)=CCO2)C[C@@H]2O[C@H]2[C@@H](O)C1. The number of esters is 3. The van der Waals surface area contributed by atoms with Crippen LogP contribution >= 0.6 is 0 Å². The highest BCUT2D eigenvalue weighted by Crippen LogP contribution is 2.36. The van der Waals surface area contributed by atoms with Gasteiger partial charge >= 0.3 is 17.9 Å². The molecule has 6 heterocycles. The first-order valence-corrected chi connectivity index (χ1v) is 25.5. The van der Waals surface area contributed by atoms with Gasteiger partial charge in [0.05, 0.1) is 56.4 Å². The topological polar surface area (TPSA) is 232 Å². The largest absolute Gasteiger partial charge is 0.466 e. The molecular weight excluding hydrogens is 903 g/mol. The zero-order valence-corrected chi connectivity index (χ0v) is 41.9. The fourth-order valence-corrected chi connectivity index (χ4v) is 9.30. The number of cyclic esters (lactones) is 3. The summed E-state index contributed by atoms with van der Waals surface area (Å²) in [6, 6.07) is 0. The van der Waals surface area contributed by atoms with Crippen molar-refractivity contribution in [3.05, 3.63) is 71.9 Å². The van der Waals surface area contributed by atoms with Crippen molar-refractivity contribution in [2.24, 2.45) is 11.8 Å². The molecule has 0 aliphatic carbocycles. The third-order valence-corrected chi connectivity index (χ3v) is 13.4. The van der Waals surface area contributed by atoms with Gasteiger partial charge in [-0.25, -0.2) is 0 Å². The molecule has 16 nitrogen and oxygen atoms in total. The lowest BCUT2D eigenvalue weighted by atomic mass is 9.93. The van der Waals surface area contributed by atoms with Crippen molar-refractivity contribution >= 4 is 23.8 Å². The molecule has 16 heteroatoms. The molecule has 0 saturated carbocycles. The smallest absolute Gasteiger partial charge is 0.306 e. The number of aliphatic hydroxyl groups is 4. The lowest BCUT2D eigenvalue weighted by molar-refractivity contribution is -0.155. The summed E-state index contributed by atoms with van der Waals surface area (Å²) in [4.78, 5) is 49.1. The van der Waals surface area contributed by atoms with Crippen molar-refractivity contribution in [3.63, 3.8) is 0 Å². The van der Waals surface area contributed by atoms with E-state index >= 15 is 0 Å². The molecule has 0 aromatic heterocycles. The number of ether oxygens (including phenoxy) is 7. The van der Waals surface area contributed by atoms with Crippen LogP contribution in [0.5, 0.6) is 0 Å². The average Bonchev–Trinajstić information content (AvgIpc) is 4.23. The fraction of sp³-hybridized carbons (Fsp3) is 0.704. The molecule has 4 saturated heterocycles. The van der Waals surface area contributed by atoms with Crippen LogP contribution in [-0.2, 0) is 52.3 Å². The number of hydrogen-bond acceptors (Lipinski definition) is 15. The van der Waals surface area contributed by atoms with Crippen LogP contribution in [0.25, 0.3) is 0 Å². The quantitative estimate of drug-likeness (QED) is 0.0904. The number of epoxide rings is 2. The fourth-order valence-electron chi connectivity index (χ4n) is 9.30. The van der Waals surface area contributed by atoms with Gasteiger partial charge in [-0.1, -0.05) is 85.8 Å². The van der Waals surface area contributed by atoms with Gasteiger partial charge in [-0.05, 0) is 89.9 Å². The van der Waals surface area contributed by atoms with E-state index in [2.05, 4.69) is 25.4 Å². The van der Waals surface area contributed by atoms with E-state index in [1.165, 1.54) is 11.1 Å². The number of rotatable bonds is 6. The van der Waals surface area contributed by atoms with Gasteiger partial charge < -0.3 is 58.9 Å². The van der Waals surface area contributed by atoms with Gasteiger partial charge in [-0.15, -0.1) is 0 Å². The summed E-state index contributed by atoms with van der Waals surface area (Å²) in [5.41, 5.74) is 4.24. The van der Waals surface area contributed by atoms with Crippen LogP contribution in [-0.4, -0.2) is 144 Å². The summed E-state index contributed by atoms with van der Waals surface area (Å²) in [6.07, 6.45) is 11.3. The molecule has 6 aliphatic rings. The van der Waals surface area contributed by atoms with Gasteiger partial charge in [0, 0.05) is 45.1 Å². The van der Waals surface area contributed by atoms with Gasteiger partial charge in [-0.3, -0.25) is 19.2 Å². The Morgan fingerprint density at radius 1 is 0.643 bits per heavy atom. The van der Waals surface area contributed by atoms with E-state index < -0.39 is 54.7 Å². The summed E-state index contributed by atoms with van der Waals surface area (Å²) in [6.45, 7) is 18.2. The van der Waals surface area contributed by atoms with Crippen molar-refractivity contribution < 1.29 is 72.8 Å². The zero-order valence-electron chi connectivity index (χ0n) is 41.9. The molecule has 0 bridgehead atoms. The second-order valence-electron chi connectivity index (χ2n) is 20.3. The van der Waals surface area contributed by atoms with E-state index in [0.29, 0.717) is 84.2 Å². The molecule has 0 radical (unpaired) electrons. The van der Waals surface area contributed by atoms with Gasteiger partial charge in [0.15, 0.2) is 0 Å². The van der Waals surface area contributed by atoms with Crippen LogP contribution in [0.3, 0.4) is 0 Å². The van der Waals surface area contributed by atoms with E-state index in [-0.39, 0.29) is 79.9 Å². The van der Waals surface area contributed by atoms with E-state index in [4.69, 9.17) is 33.2 Å². The first-order valence-electron chi connectivity index (χ1n) is 25.5. The molecule has 0 spiro atoms. The van der Waals surface area contributed by atoms with Crippen LogP contribution in [0.2, 0.25) is 0 Å². The lowest BCUT2D eigenvalue weighted by Gasteiger charge is -2.23. The highest BCUT2D eigenvalue weighted by molar-refractivity contribution is 5.76. The Labute approximate surface area is 414 Å². The molecule has 4 fully saturated rings. The maximum Gasteiger partial charge on any atom is 0.306 e. The summed E-state index contributed by atoms with van der Waals surface area (Å²) >= 11 is 0. The monoisotopic (exact) mass is 984 g/mol. The van der Waals surface area contributed by atoms with E-state index in [9.17, 15) is 39.6 Å². The molecule has 0 aromatic carbocycles. The molecule has 1 amide bonds. The minimum absolute atomic E-state index is 0.0252. The van der Waals surface area contributed by atoms with Crippen LogP contribution < -0.4 is 5.32 Å². The highest BCUT2D eigenvalue weighted by atomic mass is 16.6. The lowest BCUT2D eigenvalue weighted by Crippen LogP contribution is -2.33. The third-order valence-electron chi connectivity index (χ3n) is 13.4. The van der Waals surface area contributed by atoms with Crippen molar-refractivity contribution in [1.82, 2.24) is 5.32 Å². The molecule has 14 atom stereocenters. The molecule has 6 rings (SSSR count). The van der Waals surface area contributed by atoms with Gasteiger partial charge in [0.25, 0.3) is 0 Å². The second kappa shape index (κ2) is 28.9. The Kier molecular flexibility index (Phi) is 23.5. The normalized spacial score (nSPS) is 35.2. The van der Waals surface area contributed by atoms with Gasteiger partial charge in [-0.2, -0.15) is 0 Å². The predicted molar refractivity (Wildman–Crippen MR) is 261 cm³/mol. The average molecular weight is 984 g/mol. The summed E-state index contributed by atoms with van der Waals surface area (Å²) in [5.74, 6) is -0.871. The maximum absolute atomic E-state index is 12.5. The summed E-state index contributed by atoms with van der Waals surface area (Å²) in [7, 11) is 0. The standard InChI is InChI=1S/C27H41NO7.C27H40O8/c1-17-9-11-33-20(13-17)7-8-21(29)23-16-24-27(35-24)22(30)14-18(2)12-19(3)15-25(31)28-10-5-4-6-26(32)34-23;1-17-10-12-33-25(30)5-4-6-26(31)34-23(16-24-27(35-24)22(29)15-19(3)13-17)21(28)8-7-20-14-18(2)9-11-32-20/h7-9,19-24,27,29-30H,2,4-6,10-16H2,1,3H3,(H,28,31);7-9,17,20-24,27-29H,3-6,10-16H2,1-2H3/b2*8-7+/t19-,20+,21-,22-,23-,24-,27-;17-,20-,21+,22+,23+,24+,27+/m01/s1. The van der Waals surface area contributed by atoms with Gasteiger partial charge in [0.1, 0.15) is 36.6 Å². The van der Waals surface area contributed by atoms with Crippen LogP contribution in [0.1, 0.15) is 130 Å². The Balaban J connectivity index is 0.000000261. The minimum Gasteiger partial charge on any atom is -0.466 e. The molecule has 0 unspecified atom stereocenters. The number of nitrogens with one attached hydrogen (secondary N) is 1. The Morgan fingerprint density at radius 2 is 1.13 bits per heavy atom. The number of hydrogen-bond donors (Lipinski definition) is 5. The van der Waals surface area contributed by atoms with Crippen molar-refractivity contribution in [2.75, 3.05) is 26.4 Å². The van der Waals surface area contributed by atoms with Gasteiger partial charge in [0.2, 0.25) is 5.91 Å². The zero-order chi connectivity index (χ0) is 50.7. The molecule has 6 aliphatic heterocycles. The Bertz CT molecular complexity index is 1880. The Morgan fingerprint density at radius 3 is 1.64 bits per heavy atom. The number of carbonyl (C=O) groups is 4. The van der Waals surface area contributed by atoms with Crippen LogP contribution in [0.15, 0.2) is 71.9 Å². The first kappa shape index (κ1) is 56.9. The van der Waals surface area contributed by atoms with Crippen molar-refractivity contribution in [1.29, 1.82) is 0 Å².